The first kappa shape index (κ1) is 19.7. The molecule has 3 nitrogen and oxygen atoms in total. The van der Waals surface area contributed by atoms with Crippen molar-refractivity contribution in [3.63, 3.8) is 0 Å². The molecule has 0 aromatic heterocycles. The molecule has 1 N–H and O–H groups in total. The monoisotopic (exact) mass is 388 g/mol. The van der Waals surface area contributed by atoms with Crippen LogP contribution in [-0.4, -0.2) is 11.1 Å². The van der Waals surface area contributed by atoms with Gasteiger partial charge in [0.2, 0.25) is 0 Å². The summed E-state index contributed by atoms with van der Waals surface area (Å²) in [6.45, 7) is 3.53. The van der Waals surface area contributed by atoms with Gasteiger partial charge >= 0.3 is 12.1 Å². The minimum atomic E-state index is -4.67. The van der Waals surface area contributed by atoms with Crippen LogP contribution in [0.15, 0.2) is 60.7 Å². The van der Waals surface area contributed by atoms with Gasteiger partial charge in [0.15, 0.2) is 0 Å². The van der Waals surface area contributed by atoms with Gasteiger partial charge in [-0.15, -0.1) is 0 Å². The number of carboxylic acids is 1. The van der Waals surface area contributed by atoms with Crippen LogP contribution in [0.1, 0.15) is 41.8 Å². The summed E-state index contributed by atoms with van der Waals surface area (Å²) in [5, 5.41) is 11.0. The molecule has 146 valence electrons. The number of hydrogen-bond donors (Lipinski definition) is 1. The normalized spacial score (nSPS) is 13.9. The van der Waals surface area contributed by atoms with E-state index >= 15 is 0 Å². The predicted octanol–water partition coefficient (Wildman–Crippen LogP) is 6.26. The minimum absolute atomic E-state index is 0.264. The topological polar surface area (TPSA) is 46.5 Å². The highest BCUT2D eigenvalue weighted by Gasteiger charge is 2.38. The number of carboxylic acid groups (broad SMARTS) is 1. The first-order valence-corrected chi connectivity index (χ1v) is 8.77. The average molecular weight is 388 g/mol. The van der Waals surface area contributed by atoms with E-state index < -0.39 is 29.1 Å². The van der Waals surface area contributed by atoms with Gasteiger partial charge in [-0.1, -0.05) is 49.4 Å². The highest BCUT2D eigenvalue weighted by atomic mass is 19.4. The molecule has 28 heavy (non-hydrogen) atoms. The van der Waals surface area contributed by atoms with Crippen LogP contribution < -0.4 is 4.74 Å². The Labute approximate surface area is 160 Å². The van der Waals surface area contributed by atoms with Crippen LogP contribution in [0.3, 0.4) is 0 Å². The van der Waals surface area contributed by atoms with Crippen LogP contribution in [0, 0.1) is 0 Å². The maximum Gasteiger partial charge on any atom is 0.419 e. The van der Waals surface area contributed by atoms with Gasteiger partial charge in [-0.3, -0.25) is 0 Å². The summed E-state index contributed by atoms with van der Waals surface area (Å²) < 4.78 is 46.4. The van der Waals surface area contributed by atoms with Crippen molar-refractivity contribution in [3.8, 4) is 5.75 Å². The molecular weight excluding hydrogens is 369 g/mol. The Morgan fingerprint density at radius 2 is 1.68 bits per heavy atom. The molecule has 6 heteroatoms. The molecule has 0 aliphatic heterocycles. The molecule has 3 aromatic rings. The van der Waals surface area contributed by atoms with Gasteiger partial charge in [-0.05, 0) is 42.3 Å². The van der Waals surface area contributed by atoms with Crippen LogP contribution >= 0.6 is 0 Å². The lowest BCUT2D eigenvalue weighted by Crippen LogP contribution is -2.30. The van der Waals surface area contributed by atoms with Crippen molar-refractivity contribution in [1.82, 2.24) is 0 Å². The molecule has 0 aliphatic rings. The van der Waals surface area contributed by atoms with E-state index in [-0.39, 0.29) is 5.56 Å². The lowest BCUT2D eigenvalue weighted by molar-refractivity contribution is -0.140. The summed E-state index contributed by atoms with van der Waals surface area (Å²) in [5.41, 5.74) is -1.61. The lowest BCUT2D eigenvalue weighted by Gasteiger charge is -2.32. The number of alkyl halides is 3. The summed E-state index contributed by atoms with van der Waals surface area (Å²) in [6, 6.07) is 15.7. The van der Waals surface area contributed by atoms with Gasteiger partial charge in [0.25, 0.3) is 0 Å². The smallest absolute Gasteiger partial charge is 0.419 e. The van der Waals surface area contributed by atoms with Gasteiger partial charge in [0.1, 0.15) is 11.4 Å². The third kappa shape index (κ3) is 3.67. The Hall–Kier alpha value is -3.02. The van der Waals surface area contributed by atoms with Gasteiger partial charge in [0, 0.05) is 5.56 Å². The van der Waals surface area contributed by atoms with Crippen molar-refractivity contribution in [1.29, 1.82) is 0 Å². The third-order valence-corrected chi connectivity index (χ3v) is 4.90. The molecule has 0 bridgehead atoms. The number of ether oxygens (including phenoxy) is 1. The molecule has 0 radical (unpaired) electrons. The van der Waals surface area contributed by atoms with E-state index in [1.807, 2.05) is 49.4 Å². The third-order valence-electron chi connectivity index (χ3n) is 4.90. The predicted molar refractivity (Wildman–Crippen MR) is 101 cm³/mol. The molecule has 3 aromatic carbocycles. The van der Waals surface area contributed by atoms with E-state index in [0.29, 0.717) is 6.42 Å². The fourth-order valence-electron chi connectivity index (χ4n) is 3.22. The first-order valence-electron chi connectivity index (χ1n) is 8.77. The molecule has 3 rings (SSSR count). The van der Waals surface area contributed by atoms with Gasteiger partial charge < -0.3 is 9.84 Å². The van der Waals surface area contributed by atoms with E-state index in [4.69, 9.17) is 4.74 Å². The Morgan fingerprint density at radius 3 is 2.32 bits per heavy atom. The zero-order valence-electron chi connectivity index (χ0n) is 15.4. The van der Waals surface area contributed by atoms with Crippen LogP contribution in [0.4, 0.5) is 13.2 Å². The van der Waals surface area contributed by atoms with Crippen LogP contribution in [-0.2, 0) is 11.8 Å². The summed E-state index contributed by atoms with van der Waals surface area (Å²) in [5.74, 6) is -1.81. The lowest BCUT2D eigenvalue weighted by atomic mass is 9.88. The van der Waals surface area contributed by atoms with Crippen LogP contribution in [0.25, 0.3) is 10.8 Å². The second-order valence-electron chi connectivity index (χ2n) is 6.73. The second-order valence-corrected chi connectivity index (χ2v) is 6.73. The van der Waals surface area contributed by atoms with Crippen molar-refractivity contribution < 1.29 is 27.8 Å². The molecule has 1 unspecified atom stereocenters. The Kier molecular flexibility index (Phi) is 5.06. The van der Waals surface area contributed by atoms with E-state index in [0.717, 1.165) is 34.5 Å². The molecule has 0 heterocycles. The summed E-state index contributed by atoms with van der Waals surface area (Å²) in [6.07, 6.45) is -4.28. The van der Waals surface area contributed by atoms with Crippen LogP contribution in [0.2, 0.25) is 0 Å². The molecule has 0 spiro atoms. The number of aromatic carboxylic acids is 1. The zero-order chi connectivity index (χ0) is 20.5. The number of benzene rings is 3. The molecule has 0 amide bonds. The largest absolute Gasteiger partial charge is 0.482 e. The molecule has 1 atom stereocenters. The van der Waals surface area contributed by atoms with Gasteiger partial charge in [-0.25, -0.2) is 4.79 Å². The quantitative estimate of drug-likeness (QED) is 0.561. The molecule has 0 saturated carbocycles. The van der Waals surface area contributed by atoms with E-state index in [1.165, 1.54) is 0 Å². The maximum atomic E-state index is 13.5. The number of hydrogen-bond acceptors (Lipinski definition) is 2. The SMILES string of the molecule is CCC(C)(Oc1cc(C(=O)O)ccc1C(F)(F)F)c1cccc2ccccc12. The van der Waals surface area contributed by atoms with Crippen molar-refractivity contribution in [2.45, 2.75) is 32.0 Å². The van der Waals surface area contributed by atoms with E-state index in [2.05, 4.69) is 0 Å². The van der Waals surface area contributed by atoms with Crippen LogP contribution in [0.5, 0.6) is 5.75 Å². The zero-order valence-corrected chi connectivity index (χ0v) is 15.4. The van der Waals surface area contributed by atoms with Gasteiger partial charge in [-0.2, -0.15) is 13.2 Å². The maximum absolute atomic E-state index is 13.5. The Morgan fingerprint density at radius 1 is 1.00 bits per heavy atom. The highest BCUT2D eigenvalue weighted by Crippen LogP contribution is 2.42. The first-order chi connectivity index (χ1) is 13.2. The number of carbonyl (C=O) groups is 1. The van der Waals surface area contributed by atoms with Crippen molar-refractivity contribution >= 4 is 16.7 Å². The summed E-state index contributed by atoms with van der Waals surface area (Å²) in [7, 11) is 0. The number of fused-ring (bicyclic) bond motifs is 1. The number of rotatable bonds is 5. The van der Waals surface area contributed by atoms with Gasteiger partial charge in [0.05, 0.1) is 11.1 Å². The van der Waals surface area contributed by atoms with Crippen molar-refractivity contribution in [3.05, 3.63) is 77.4 Å². The Balaban J connectivity index is 2.16. The highest BCUT2D eigenvalue weighted by molar-refractivity contribution is 5.88. The summed E-state index contributed by atoms with van der Waals surface area (Å²) >= 11 is 0. The molecule has 0 aliphatic carbocycles. The van der Waals surface area contributed by atoms with E-state index in [9.17, 15) is 23.1 Å². The fourth-order valence-corrected chi connectivity index (χ4v) is 3.22. The fraction of sp³-hybridized carbons (Fsp3) is 0.227. The number of halogens is 3. The molecule has 0 saturated heterocycles. The van der Waals surface area contributed by atoms with E-state index in [1.54, 1.807) is 6.92 Å². The van der Waals surface area contributed by atoms with Crippen molar-refractivity contribution in [2.24, 2.45) is 0 Å². The van der Waals surface area contributed by atoms with Crippen molar-refractivity contribution in [2.75, 3.05) is 0 Å². The molecular formula is C22H19F3O3. The Bertz CT molecular complexity index is 1020. The standard InChI is InChI=1S/C22H19F3O3/c1-3-21(2,17-10-6-8-14-7-4-5-9-16(14)17)28-19-13-15(20(26)27)11-12-18(19)22(23,24)25/h4-13H,3H2,1-2H3,(H,26,27). The minimum Gasteiger partial charge on any atom is -0.482 e. The second kappa shape index (κ2) is 7.19. The molecule has 0 fully saturated rings. The average Bonchev–Trinajstić information content (AvgIpc) is 2.66. The summed E-state index contributed by atoms with van der Waals surface area (Å²) in [4.78, 5) is 11.3.